The molecule has 2 aromatic carbocycles. The van der Waals surface area contributed by atoms with Crippen LogP contribution in [0.15, 0.2) is 53.0 Å². The second-order valence-corrected chi connectivity index (χ2v) is 7.16. The molecule has 0 saturated heterocycles. The summed E-state index contributed by atoms with van der Waals surface area (Å²) < 4.78 is 6.08. The van der Waals surface area contributed by atoms with Gasteiger partial charge in [0.1, 0.15) is 13.2 Å². The van der Waals surface area contributed by atoms with Gasteiger partial charge in [-0.15, -0.1) is 0 Å². The molecule has 0 radical (unpaired) electrons. The van der Waals surface area contributed by atoms with Gasteiger partial charge in [-0.2, -0.15) is 0 Å². The van der Waals surface area contributed by atoms with E-state index < -0.39 is 5.97 Å². The first-order chi connectivity index (χ1) is 13.0. The third-order valence-corrected chi connectivity index (χ3v) is 5.05. The summed E-state index contributed by atoms with van der Waals surface area (Å²) in [6.45, 7) is 1.60. The largest absolute Gasteiger partial charge is 0.458 e. The second kappa shape index (κ2) is 8.50. The van der Waals surface area contributed by atoms with Gasteiger partial charge in [-0.1, -0.05) is 45.7 Å². The van der Waals surface area contributed by atoms with Crippen LogP contribution < -0.4 is 5.32 Å². The Bertz CT molecular complexity index is 1010. The Kier molecular flexibility index (Phi) is 6.08. The van der Waals surface area contributed by atoms with E-state index in [0.29, 0.717) is 16.3 Å². The van der Waals surface area contributed by atoms with Gasteiger partial charge in [0.15, 0.2) is 0 Å². The summed E-state index contributed by atoms with van der Waals surface area (Å²) in [4.78, 5) is 28.4. The summed E-state index contributed by atoms with van der Waals surface area (Å²) in [5.41, 5.74) is 2.62. The van der Waals surface area contributed by atoms with Crippen LogP contribution in [0.5, 0.6) is 0 Å². The number of benzene rings is 2. The fourth-order valence-electron chi connectivity index (χ4n) is 2.57. The number of carbonyl (C=O) groups excluding carboxylic acids is 2. The molecule has 138 valence electrons. The zero-order valence-electron chi connectivity index (χ0n) is 14.5. The first-order valence-electron chi connectivity index (χ1n) is 8.19. The Morgan fingerprint density at radius 1 is 1.15 bits per heavy atom. The summed E-state index contributed by atoms with van der Waals surface area (Å²) in [6.07, 6.45) is 0. The van der Waals surface area contributed by atoms with E-state index in [1.54, 1.807) is 24.3 Å². The van der Waals surface area contributed by atoms with Crippen LogP contribution in [-0.4, -0.2) is 23.4 Å². The highest BCUT2D eigenvalue weighted by atomic mass is 79.9. The molecule has 0 aliphatic heterocycles. The van der Waals surface area contributed by atoms with Crippen LogP contribution in [0.25, 0.3) is 10.9 Å². The maximum Gasteiger partial charge on any atom is 0.325 e. The molecule has 3 aromatic rings. The number of pyridine rings is 1. The number of carbonyl (C=O) groups is 2. The van der Waals surface area contributed by atoms with Gasteiger partial charge in [-0.3, -0.25) is 9.59 Å². The van der Waals surface area contributed by atoms with Gasteiger partial charge in [0, 0.05) is 15.4 Å². The predicted octanol–water partition coefficient (Wildman–Crippen LogP) is 4.43. The lowest BCUT2D eigenvalue weighted by Gasteiger charge is -2.11. The average molecular weight is 448 g/mol. The number of esters is 1. The first kappa shape index (κ1) is 19.3. The minimum atomic E-state index is -0.566. The van der Waals surface area contributed by atoms with Crippen molar-refractivity contribution in [2.75, 3.05) is 6.54 Å². The van der Waals surface area contributed by atoms with Crippen molar-refractivity contribution in [2.45, 2.75) is 13.5 Å². The van der Waals surface area contributed by atoms with Crippen LogP contribution in [0.3, 0.4) is 0 Å². The number of nitrogens with one attached hydrogen (secondary N) is 1. The quantitative estimate of drug-likeness (QED) is 0.587. The van der Waals surface area contributed by atoms with Crippen LogP contribution in [0, 0.1) is 6.92 Å². The number of hydrogen-bond donors (Lipinski definition) is 1. The molecule has 1 N–H and O–H groups in total. The average Bonchev–Trinajstić information content (AvgIpc) is 2.68. The Balaban J connectivity index is 1.59. The molecule has 0 fully saturated rings. The van der Waals surface area contributed by atoms with Crippen molar-refractivity contribution in [1.29, 1.82) is 0 Å². The van der Waals surface area contributed by atoms with Gasteiger partial charge in [-0.25, -0.2) is 4.98 Å². The minimum Gasteiger partial charge on any atom is -0.458 e. The molecule has 7 heteroatoms. The Morgan fingerprint density at radius 2 is 1.85 bits per heavy atom. The molecule has 0 bridgehead atoms. The minimum absolute atomic E-state index is 0.0580. The van der Waals surface area contributed by atoms with Gasteiger partial charge in [0.05, 0.1) is 16.2 Å². The Hall–Kier alpha value is -2.44. The SMILES string of the molecule is Cc1c(Cl)c(COC(=O)CNC(=O)c2ccc(Br)cc2)nc2ccccc12. The zero-order chi connectivity index (χ0) is 19.4. The van der Waals surface area contributed by atoms with Crippen molar-refractivity contribution in [3.8, 4) is 0 Å². The molecule has 0 saturated carbocycles. The summed E-state index contributed by atoms with van der Waals surface area (Å²) in [7, 11) is 0. The van der Waals surface area contributed by atoms with E-state index in [4.69, 9.17) is 16.3 Å². The number of ether oxygens (including phenoxy) is 1. The third-order valence-electron chi connectivity index (χ3n) is 4.02. The van der Waals surface area contributed by atoms with Gasteiger partial charge in [0.2, 0.25) is 0 Å². The Labute approximate surface area is 169 Å². The number of fused-ring (bicyclic) bond motifs is 1. The van der Waals surface area contributed by atoms with Crippen LogP contribution in [0.1, 0.15) is 21.6 Å². The number of hydrogen-bond acceptors (Lipinski definition) is 4. The summed E-state index contributed by atoms with van der Waals surface area (Å²) in [5.74, 6) is -0.915. The smallest absolute Gasteiger partial charge is 0.325 e. The van der Waals surface area contributed by atoms with Gasteiger partial charge < -0.3 is 10.1 Å². The molecule has 3 rings (SSSR count). The summed E-state index contributed by atoms with van der Waals surface area (Å²) in [5, 5.41) is 3.96. The van der Waals surface area contributed by atoms with Crippen LogP contribution >= 0.6 is 27.5 Å². The lowest BCUT2D eigenvalue weighted by molar-refractivity contribution is -0.143. The van der Waals surface area contributed by atoms with E-state index in [-0.39, 0.29) is 19.1 Å². The summed E-state index contributed by atoms with van der Waals surface area (Å²) >= 11 is 9.65. The summed E-state index contributed by atoms with van der Waals surface area (Å²) in [6, 6.07) is 14.4. The number of aromatic nitrogens is 1. The number of aryl methyl sites for hydroxylation is 1. The second-order valence-electron chi connectivity index (χ2n) is 5.86. The molecular formula is C20H16BrClN2O3. The van der Waals surface area contributed by atoms with Crippen molar-refractivity contribution in [3.63, 3.8) is 0 Å². The number of rotatable bonds is 5. The van der Waals surface area contributed by atoms with E-state index in [2.05, 4.69) is 26.2 Å². The molecule has 1 aromatic heterocycles. The lowest BCUT2D eigenvalue weighted by atomic mass is 10.1. The van der Waals surface area contributed by atoms with E-state index in [1.807, 2.05) is 31.2 Å². The third kappa shape index (κ3) is 4.64. The zero-order valence-corrected chi connectivity index (χ0v) is 16.8. The molecular weight excluding hydrogens is 432 g/mol. The molecule has 0 atom stereocenters. The molecule has 5 nitrogen and oxygen atoms in total. The van der Waals surface area contributed by atoms with Gasteiger partial charge in [-0.05, 0) is 42.8 Å². The van der Waals surface area contributed by atoms with E-state index in [9.17, 15) is 9.59 Å². The molecule has 0 spiro atoms. The number of amides is 1. The van der Waals surface area contributed by atoms with Crippen molar-refractivity contribution < 1.29 is 14.3 Å². The van der Waals surface area contributed by atoms with Crippen LogP contribution in [0.2, 0.25) is 5.02 Å². The van der Waals surface area contributed by atoms with Gasteiger partial charge in [0.25, 0.3) is 5.91 Å². The molecule has 0 unspecified atom stereocenters. The number of halogens is 2. The highest BCUT2D eigenvalue weighted by Gasteiger charge is 2.13. The number of nitrogens with zero attached hydrogens (tertiary/aromatic N) is 1. The topological polar surface area (TPSA) is 68.3 Å². The molecule has 27 heavy (non-hydrogen) atoms. The standard InChI is InChI=1S/C20H16BrClN2O3/c1-12-15-4-2-3-5-16(15)24-17(19(12)22)11-27-18(25)10-23-20(26)13-6-8-14(21)9-7-13/h2-9H,10-11H2,1H3,(H,23,26). The maximum atomic E-state index is 12.0. The molecule has 0 aliphatic rings. The highest BCUT2D eigenvalue weighted by Crippen LogP contribution is 2.27. The fourth-order valence-corrected chi connectivity index (χ4v) is 3.03. The van der Waals surface area contributed by atoms with Crippen LogP contribution in [0.4, 0.5) is 0 Å². The van der Waals surface area contributed by atoms with Crippen molar-refractivity contribution in [2.24, 2.45) is 0 Å². The fraction of sp³-hybridized carbons (Fsp3) is 0.150. The van der Waals surface area contributed by atoms with E-state index in [0.717, 1.165) is 20.9 Å². The lowest BCUT2D eigenvalue weighted by Crippen LogP contribution is -2.30. The first-order valence-corrected chi connectivity index (χ1v) is 9.36. The normalized spacial score (nSPS) is 10.6. The predicted molar refractivity (Wildman–Crippen MR) is 108 cm³/mol. The molecule has 0 aliphatic carbocycles. The highest BCUT2D eigenvalue weighted by molar-refractivity contribution is 9.10. The van der Waals surface area contributed by atoms with Crippen molar-refractivity contribution >= 4 is 50.3 Å². The molecule has 1 heterocycles. The Morgan fingerprint density at radius 3 is 2.59 bits per heavy atom. The van der Waals surface area contributed by atoms with E-state index >= 15 is 0 Å². The molecule has 1 amide bonds. The van der Waals surface area contributed by atoms with Crippen LogP contribution in [-0.2, 0) is 16.1 Å². The van der Waals surface area contributed by atoms with Gasteiger partial charge >= 0.3 is 5.97 Å². The number of para-hydroxylation sites is 1. The van der Waals surface area contributed by atoms with Crippen molar-refractivity contribution in [3.05, 3.63) is 74.8 Å². The van der Waals surface area contributed by atoms with E-state index in [1.165, 1.54) is 0 Å². The van der Waals surface area contributed by atoms with Crippen molar-refractivity contribution in [1.82, 2.24) is 10.3 Å². The monoisotopic (exact) mass is 446 g/mol. The maximum absolute atomic E-state index is 12.0.